The highest BCUT2D eigenvalue weighted by Gasteiger charge is 2.33. The normalized spacial score (nSPS) is 16.4. The van der Waals surface area contributed by atoms with Crippen LogP contribution in [0.3, 0.4) is 0 Å². The third-order valence-electron chi connectivity index (χ3n) is 3.21. The molecular formula is C12H17ClN2O3S. The maximum absolute atomic E-state index is 12.5. The molecule has 0 spiro atoms. The van der Waals surface area contributed by atoms with Gasteiger partial charge in [-0.25, -0.2) is 8.42 Å². The molecule has 0 aliphatic carbocycles. The summed E-state index contributed by atoms with van der Waals surface area (Å²) in [5.41, 5.74) is 0. The standard InChI is InChI=1S/C12H17ClN2O3S/c1-3-15(9-7-14-8-9)19(16,17)10-4-5-12(18-2)11(13)6-10/h4-6,9,14H,3,7-8H2,1-2H3. The number of rotatable bonds is 5. The van der Waals surface area contributed by atoms with Gasteiger partial charge in [-0.1, -0.05) is 18.5 Å². The van der Waals surface area contributed by atoms with Crippen molar-refractivity contribution in [2.24, 2.45) is 0 Å². The van der Waals surface area contributed by atoms with Crippen molar-refractivity contribution in [1.82, 2.24) is 9.62 Å². The van der Waals surface area contributed by atoms with E-state index in [1.165, 1.54) is 23.5 Å². The van der Waals surface area contributed by atoms with Gasteiger partial charge < -0.3 is 10.1 Å². The first-order valence-corrected chi connectivity index (χ1v) is 7.88. The second-order valence-corrected chi connectivity index (χ2v) is 6.61. The Balaban J connectivity index is 2.35. The Labute approximate surface area is 118 Å². The minimum atomic E-state index is -3.51. The first-order chi connectivity index (χ1) is 9.00. The number of halogens is 1. The fourth-order valence-corrected chi connectivity index (χ4v) is 4.03. The van der Waals surface area contributed by atoms with Gasteiger partial charge >= 0.3 is 0 Å². The first kappa shape index (κ1) is 14.6. The van der Waals surface area contributed by atoms with E-state index in [1.54, 1.807) is 6.07 Å². The second-order valence-electron chi connectivity index (χ2n) is 4.32. The number of hydrogen-bond donors (Lipinski definition) is 1. The molecule has 1 heterocycles. The fourth-order valence-electron chi connectivity index (χ4n) is 2.04. The monoisotopic (exact) mass is 304 g/mol. The summed E-state index contributed by atoms with van der Waals surface area (Å²) in [6.07, 6.45) is 0. The van der Waals surface area contributed by atoms with Crippen molar-refractivity contribution in [3.05, 3.63) is 23.2 Å². The van der Waals surface area contributed by atoms with Gasteiger partial charge in [-0.15, -0.1) is 0 Å². The second kappa shape index (κ2) is 5.66. The highest BCUT2D eigenvalue weighted by atomic mass is 35.5. The summed E-state index contributed by atoms with van der Waals surface area (Å²) >= 11 is 5.99. The van der Waals surface area contributed by atoms with Crippen LogP contribution in [0, 0.1) is 0 Å². The van der Waals surface area contributed by atoms with Crippen LogP contribution in [0.2, 0.25) is 5.02 Å². The Morgan fingerprint density at radius 2 is 2.16 bits per heavy atom. The van der Waals surface area contributed by atoms with Crippen molar-refractivity contribution < 1.29 is 13.2 Å². The molecule has 1 saturated heterocycles. The Bertz CT molecular complexity index is 558. The minimum Gasteiger partial charge on any atom is -0.495 e. The molecule has 0 bridgehead atoms. The lowest BCUT2D eigenvalue weighted by molar-refractivity contribution is 0.249. The summed E-state index contributed by atoms with van der Waals surface area (Å²) in [6.45, 7) is 3.66. The number of ether oxygens (including phenoxy) is 1. The van der Waals surface area contributed by atoms with Gasteiger partial charge in [0.25, 0.3) is 0 Å². The lowest BCUT2D eigenvalue weighted by Crippen LogP contribution is -2.58. The molecule has 1 aromatic carbocycles. The molecule has 1 N–H and O–H groups in total. The van der Waals surface area contributed by atoms with Crippen molar-refractivity contribution >= 4 is 21.6 Å². The van der Waals surface area contributed by atoms with E-state index in [-0.39, 0.29) is 10.9 Å². The molecule has 0 unspecified atom stereocenters. The van der Waals surface area contributed by atoms with Crippen LogP contribution >= 0.6 is 11.6 Å². The molecule has 0 atom stereocenters. The molecule has 0 aromatic heterocycles. The van der Waals surface area contributed by atoms with E-state index in [9.17, 15) is 8.42 Å². The smallest absolute Gasteiger partial charge is 0.243 e. The fraction of sp³-hybridized carbons (Fsp3) is 0.500. The van der Waals surface area contributed by atoms with E-state index < -0.39 is 10.0 Å². The minimum absolute atomic E-state index is 0.0240. The van der Waals surface area contributed by atoms with Gasteiger partial charge in [0.1, 0.15) is 5.75 Å². The summed E-state index contributed by atoms with van der Waals surface area (Å²) in [5.74, 6) is 0.467. The van der Waals surface area contributed by atoms with Gasteiger partial charge in [-0.05, 0) is 18.2 Å². The number of benzene rings is 1. The molecule has 1 fully saturated rings. The van der Waals surface area contributed by atoms with Crippen LogP contribution in [-0.2, 0) is 10.0 Å². The Morgan fingerprint density at radius 1 is 1.47 bits per heavy atom. The zero-order valence-electron chi connectivity index (χ0n) is 10.9. The van der Waals surface area contributed by atoms with Crippen molar-refractivity contribution in [3.8, 4) is 5.75 Å². The summed E-state index contributed by atoms with van der Waals surface area (Å²) in [7, 11) is -2.01. The third kappa shape index (κ3) is 2.72. The van der Waals surface area contributed by atoms with E-state index in [0.29, 0.717) is 30.4 Å². The number of methoxy groups -OCH3 is 1. The van der Waals surface area contributed by atoms with Gasteiger partial charge in [0.15, 0.2) is 0 Å². The topological polar surface area (TPSA) is 58.6 Å². The SMILES string of the molecule is CCN(C1CNC1)S(=O)(=O)c1ccc(OC)c(Cl)c1. The predicted octanol–water partition coefficient (Wildman–Crippen LogP) is 1.33. The third-order valence-corrected chi connectivity index (χ3v) is 5.53. The van der Waals surface area contributed by atoms with Crippen LogP contribution in [0.4, 0.5) is 0 Å². The zero-order chi connectivity index (χ0) is 14.0. The lowest BCUT2D eigenvalue weighted by atomic mass is 10.2. The van der Waals surface area contributed by atoms with Crippen LogP contribution in [0.25, 0.3) is 0 Å². The van der Waals surface area contributed by atoms with Crippen LogP contribution < -0.4 is 10.1 Å². The number of hydrogen-bond acceptors (Lipinski definition) is 4. The highest BCUT2D eigenvalue weighted by Crippen LogP contribution is 2.29. The Kier molecular flexibility index (Phi) is 4.35. The first-order valence-electron chi connectivity index (χ1n) is 6.06. The quantitative estimate of drug-likeness (QED) is 0.891. The Morgan fingerprint density at radius 3 is 2.58 bits per heavy atom. The molecule has 106 valence electrons. The number of likely N-dealkylation sites (N-methyl/N-ethyl adjacent to an activating group) is 1. The molecule has 1 aliphatic heterocycles. The maximum atomic E-state index is 12.5. The summed E-state index contributed by atoms with van der Waals surface area (Å²) in [6, 6.07) is 4.55. The van der Waals surface area contributed by atoms with Gasteiger partial charge in [0.05, 0.1) is 17.0 Å². The van der Waals surface area contributed by atoms with Gasteiger partial charge in [-0.3, -0.25) is 0 Å². The molecule has 7 heteroatoms. The zero-order valence-corrected chi connectivity index (χ0v) is 12.5. The maximum Gasteiger partial charge on any atom is 0.243 e. The highest BCUT2D eigenvalue weighted by molar-refractivity contribution is 7.89. The molecule has 19 heavy (non-hydrogen) atoms. The van der Waals surface area contributed by atoms with Crippen molar-refractivity contribution in [2.75, 3.05) is 26.7 Å². The van der Waals surface area contributed by atoms with Crippen LogP contribution in [0.1, 0.15) is 6.92 Å². The average molecular weight is 305 g/mol. The molecule has 1 aromatic rings. The lowest BCUT2D eigenvalue weighted by Gasteiger charge is -2.36. The van der Waals surface area contributed by atoms with Gasteiger partial charge in [0.2, 0.25) is 10.0 Å². The average Bonchev–Trinajstić information content (AvgIpc) is 2.33. The van der Waals surface area contributed by atoms with E-state index in [4.69, 9.17) is 16.3 Å². The van der Waals surface area contributed by atoms with Crippen LogP contribution in [-0.4, -0.2) is 45.5 Å². The summed E-state index contributed by atoms with van der Waals surface area (Å²) in [5, 5.41) is 3.37. The molecule has 2 rings (SSSR count). The molecule has 0 saturated carbocycles. The summed E-state index contributed by atoms with van der Waals surface area (Å²) in [4.78, 5) is 0.201. The number of nitrogens with zero attached hydrogens (tertiary/aromatic N) is 1. The molecule has 5 nitrogen and oxygen atoms in total. The Hall–Kier alpha value is -0.820. The number of nitrogens with one attached hydrogen (secondary N) is 1. The molecular weight excluding hydrogens is 288 g/mol. The van der Waals surface area contributed by atoms with Crippen LogP contribution in [0.15, 0.2) is 23.1 Å². The molecule has 0 amide bonds. The van der Waals surface area contributed by atoms with Crippen molar-refractivity contribution in [1.29, 1.82) is 0 Å². The molecule has 1 aliphatic rings. The predicted molar refractivity (Wildman–Crippen MR) is 74.2 cm³/mol. The summed E-state index contributed by atoms with van der Waals surface area (Å²) < 4.78 is 31.6. The van der Waals surface area contributed by atoms with Gasteiger partial charge in [-0.2, -0.15) is 4.31 Å². The van der Waals surface area contributed by atoms with Crippen LogP contribution in [0.5, 0.6) is 5.75 Å². The van der Waals surface area contributed by atoms with E-state index in [1.807, 2.05) is 6.92 Å². The molecule has 0 radical (unpaired) electrons. The van der Waals surface area contributed by atoms with Crippen molar-refractivity contribution in [2.45, 2.75) is 17.9 Å². The van der Waals surface area contributed by atoms with E-state index >= 15 is 0 Å². The largest absolute Gasteiger partial charge is 0.495 e. The van der Waals surface area contributed by atoms with Crippen molar-refractivity contribution in [3.63, 3.8) is 0 Å². The van der Waals surface area contributed by atoms with E-state index in [0.717, 1.165) is 0 Å². The number of sulfonamides is 1. The van der Waals surface area contributed by atoms with E-state index in [2.05, 4.69) is 5.32 Å². The van der Waals surface area contributed by atoms with Gasteiger partial charge in [0, 0.05) is 25.7 Å².